The van der Waals surface area contributed by atoms with E-state index in [0.29, 0.717) is 22.9 Å². The molecule has 0 saturated carbocycles. The first-order chi connectivity index (χ1) is 12.0. The van der Waals surface area contributed by atoms with Gasteiger partial charge in [0.25, 0.3) is 0 Å². The summed E-state index contributed by atoms with van der Waals surface area (Å²) in [7, 11) is 0. The number of nitrogens with zero attached hydrogens (tertiary/aromatic N) is 4. The molecule has 25 heavy (non-hydrogen) atoms. The van der Waals surface area contributed by atoms with Crippen molar-refractivity contribution < 1.29 is 9.18 Å². The van der Waals surface area contributed by atoms with E-state index in [2.05, 4.69) is 20.6 Å². The van der Waals surface area contributed by atoms with Crippen molar-refractivity contribution in [2.75, 3.05) is 5.32 Å². The predicted molar refractivity (Wildman–Crippen MR) is 90.4 cm³/mol. The molecule has 1 unspecified atom stereocenters. The van der Waals surface area contributed by atoms with Gasteiger partial charge in [0.15, 0.2) is 11.0 Å². The lowest BCUT2D eigenvalue weighted by molar-refractivity contribution is -0.116. The fourth-order valence-corrected chi connectivity index (χ4v) is 3.26. The highest BCUT2D eigenvalue weighted by Crippen LogP contribution is 2.40. The largest absolute Gasteiger partial charge is 0.310 e. The predicted octanol–water partition coefficient (Wildman–Crippen LogP) is 3.24. The van der Waals surface area contributed by atoms with Crippen molar-refractivity contribution in [3.63, 3.8) is 0 Å². The Morgan fingerprint density at radius 2 is 2.04 bits per heavy atom. The minimum absolute atomic E-state index is 0.159. The van der Waals surface area contributed by atoms with Crippen molar-refractivity contribution in [3.8, 4) is 5.82 Å². The zero-order valence-electron chi connectivity index (χ0n) is 13.2. The molecule has 1 amide bonds. The van der Waals surface area contributed by atoms with Crippen LogP contribution in [0.1, 0.15) is 29.2 Å². The summed E-state index contributed by atoms with van der Waals surface area (Å²) >= 11 is 5.78. The molecular formula is C17H13ClFN5O. The number of hydrogen-bond acceptors (Lipinski definition) is 4. The number of benzene rings is 1. The van der Waals surface area contributed by atoms with Gasteiger partial charge in [-0.3, -0.25) is 4.79 Å². The van der Waals surface area contributed by atoms with E-state index in [-0.39, 0.29) is 23.3 Å². The van der Waals surface area contributed by atoms with Gasteiger partial charge in [0, 0.05) is 17.9 Å². The molecular weight excluding hydrogens is 345 g/mol. The third-order valence-corrected chi connectivity index (χ3v) is 4.42. The van der Waals surface area contributed by atoms with Gasteiger partial charge in [0.2, 0.25) is 5.91 Å². The van der Waals surface area contributed by atoms with Gasteiger partial charge in [0.05, 0.1) is 5.69 Å². The Hall–Kier alpha value is -2.80. The van der Waals surface area contributed by atoms with Crippen LogP contribution >= 0.6 is 11.6 Å². The first-order valence-electron chi connectivity index (χ1n) is 7.68. The third kappa shape index (κ3) is 2.66. The van der Waals surface area contributed by atoms with Gasteiger partial charge in [-0.2, -0.15) is 9.78 Å². The number of nitrogens with one attached hydrogen (secondary N) is 1. The van der Waals surface area contributed by atoms with Crippen molar-refractivity contribution in [1.82, 2.24) is 20.0 Å². The van der Waals surface area contributed by atoms with E-state index in [0.717, 1.165) is 5.56 Å². The second-order valence-corrected chi connectivity index (χ2v) is 6.19. The summed E-state index contributed by atoms with van der Waals surface area (Å²) in [5, 5.41) is 15.4. The molecule has 1 aromatic carbocycles. The van der Waals surface area contributed by atoms with Crippen molar-refractivity contribution in [1.29, 1.82) is 0 Å². The fraction of sp³-hybridized carbons (Fsp3) is 0.176. The van der Waals surface area contributed by atoms with Crippen LogP contribution in [0, 0.1) is 12.7 Å². The van der Waals surface area contributed by atoms with Gasteiger partial charge in [-0.05, 0) is 30.7 Å². The van der Waals surface area contributed by atoms with E-state index in [1.54, 1.807) is 30.3 Å². The van der Waals surface area contributed by atoms with Crippen LogP contribution in [0.2, 0.25) is 5.15 Å². The minimum Gasteiger partial charge on any atom is -0.310 e. The van der Waals surface area contributed by atoms with E-state index in [1.165, 1.54) is 10.7 Å². The zero-order valence-corrected chi connectivity index (χ0v) is 14.0. The Kier molecular flexibility index (Phi) is 3.73. The molecule has 0 saturated heterocycles. The lowest BCUT2D eigenvalue weighted by Crippen LogP contribution is -2.25. The molecule has 1 atom stereocenters. The zero-order chi connectivity index (χ0) is 17.6. The number of fused-ring (bicyclic) bond motifs is 1. The number of rotatable bonds is 2. The van der Waals surface area contributed by atoms with E-state index in [4.69, 9.17) is 11.6 Å². The number of aromatic nitrogens is 4. The highest BCUT2D eigenvalue weighted by atomic mass is 35.5. The standard InChI is InChI=1S/C17H13ClFN5O/c1-9-16-11(10-4-2-3-5-12(10)19)8-15(25)20-17(16)24(23-9)14-7-6-13(18)21-22-14/h2-7,11H,8H2,1H3,(H,20,25). The molecule has 1 aliphatic rings. The topological polar surface area (TPSA) is 72.7 Å². The number of carbonyl (C=O) groups excluding carboxylic acids is 1. The maximum absolute atomic E-state index is 14.3. The molecule has 4 rings (SSSR count). The monoisotopic (exact) mass is 357 g/mol. The Labute approximate surface area is 147 Å². The highest BCUT2D eigenvalue weighted by Gasteiger charge is 2.34. The van der Waals surface area contributed by atoms with Gasteiger partial charge in [-0.15, -0.1) is 10.2 Å². The van der Waals surface area contributed by atoms with Crippen LogP contribution in [0.5, 0.6) is 0 Å². The molecule has 0 bridgehead atoms. The van der Waals surface area contributed by atoms with Gasteiger partial charge >= 0.3 is 0 Å². The van der Waals surface area contributed by atoms with Gasteiger partial charge in [-0.25, -0.2) is 4.39 Å². The molecule has 126 valence electrons. The summed E-state index contributed by atoms with van der Waals surface area (Å²) in [6, 6.07) is 9.72. The van der Waals surface area contributed by atoms with E-state index in [1.807, 2.05) is 6.92 Å². The minimum atomic E-state index is -0.404. The second kappa shape index (κ2) is 5.93. The van der Waals surface area contributed by atoms with Crippen LogP contribution in [0.3, 0.4) is 0 Å². The molecule has 0 spiro atoms. The van der Waals surface area contributed by atoms with Crippen LogP contribution in [0.25, 0.3) is 5.82 Å². The summed E-state index contributed by atoms with van der Waals surface area (Å²) in [6.45, 7) is 1.82. The van der Waals surface area contributed by atoms with E-state index in [9.17, 15) is 9.18 Å². The average molecular weight is 358 g/mol. The van der Waals surface area contributed by atoms with Crippen molar-refractivity contribution in [2.45, 2.75) is 19.3 Å². The van der Waals surface area contributed by atoms with Crippen LogP contribution in [-0.4, -0.2) is 25.9 Å². The van der Waals surface area contributed by atoms with Crippen LogP contribution in [-0.2, 0) is 4.79 Å². The smallest absolute Gasteiger partial charge is 0.226 e. The Morgan fingerprint density at radius 3 is 2.76 bits per heavy atom. The fourth-order valence-electron chi connectivity index (χ4n) is 3.16. The molecule has 1 N–H and O–H groups in total. The van der Waals surface area contributed by atoms with E-state index < -0.39 is 5.92 Å². The summed E-state index contributed by atoms with van der Waals surface area (Å²) in [6.07, 6.45) is 0.159. The maximum atomic E-state index is 14.3. The Bertz CT molecular complexity index is 970. The lowest BCUT2D eigenvalue weighted by atomic mass is 9.85. The molecule has 0 radical (unpaired) electrons. The molecule has 8 heteroatoms. The van der Waals surface area contributed by atoms with Gasteiger partial charge < -0.3 is 5.32 Å². The van der Waals surface area contributed by atoms with Crippen LogP contribution in [0.4, 0.5) is 10.2 Å². The first-order valence-corrected chi connectivity index (χ1v) is 8.06. The van der Waals surface area contributed by atoms with E-state index >= 15 is 0 Å². The van der Waals surface area contributed by atoms with Crippen molar-refractivity contribution in [3.05, 3.63) is 64.2 Å². The number of hydrogen-bond donors (Lipinski definition) is 1. The molecule has 3 heterocycles. The molecule has 0 aliphatic carbocycles. The number of anilines is 1. The SMILES string of the molecule is Cc1nn(-c2ccc(Cl)nn2)c2c1C(c1ccccc1F)CC(=O)N2. The van der Waals surface area contributed by atoms with Gasteiger partial charge in [-0.1, -0.05) is 29.8 Å². The average Bonchev–Trinajstić information content (AvgIpc) is 2.92. The van der Waals surface area contributed by atoms with Crippen molar-refractivity contribution in [2.24, 2.45) is 0 Å². The lowest BCUT2D eigenvalue weighted by Gasteiger charge is -2.24. The third-order valence-electron chi connectivity index (χ3n) is 4.22. The Morgan fingerprint density at radius 1 is 1.24 bits per heavy atom. The van der Waals surface area contributed by atoms with Crippen LogP contribution < -0.4 is 5.32 Å². The Balaban J connectivity index is 1.89. The van der Waals surface area contributed by atoms with Gasteiger partial charge in [0.1, 0.15) is 11.6 Å². The first kappa shape index (κ1) is 15.7. The number of aryl methyl sites for hydroxylation is 1. The molecule has 1 aliphatic heterocycles. The maximum Gasteiger partial charge on any atom is 0.226 e. The quantitative estimate of drug-likeness (QED) is 0.764. The summed E-state index contributed by atoms with van der Waals surface area (Å²) in [5.74, 6) is -0.0452. The molecule has 0 fully saturated rings. The normalized spacial score (nSPS) is 16.4. The second-order valence-electron chi connectivity index (χ2n) is 5.80. The summed E-state index contributed by atoms with van der Waals surface area (Å²) in [5.41, 5.74) is 1.95. The summed E-state index contributed by atoms with van der Waals surface area (Å²) < 4.78 is 15.8. The number of halogens is 2. The van der Waals surface area contributed by atoms with Crippen molar-refractivity contribution >= 4 is 23.3 Å². The number of amides is 1. The number of carbonyl (C=O) groups is 1. The van der Waals surface area contributed by atoms with Crippen LogP contribution in [0.15, 0.2) is 36.4 Å². The molecule has 2 aromatic heterocycles. The molecule has 3 aromatic rings. The molecule has 6 nitrogen and oxygen atoms in total. The summed E-state index contributed by atoms with van der Waals surface area (Å²) in [4.78, 5) is 12.2. The highest BCUT2D eigenvalue weighted by molar-refractivity contribution is 6.29.